The Labute approximate surface area is 103 Å². The standard InChI is InChI=1S/C10H15N7O/c1-3-17-9-7(5(2)16-17)8(14-11)6(4-13-9)10(18)15-12/h4H,3,11-12H2,1-2H3,(H,13,14)(H,15,18). The molecule has 0 aliphatic rings. The molecule has 2 aromatic rings. The van der Waals surface area contributed by atoms with Crippen molar-refractivity contribution in [3.63, 3.8) is 0 Å². The second-order valence-electron chi connectivity index (χ2n) is 3.76. The number of rotatable bonds is 3. The number of carbonyl (C=O) groups excluding carboxylic acids is 1. The summed E-state index contributed by atoms with van der Waals surface area (Å²) >= 11 is 0. The van der Waals surface area contributed by atoms with E-state index in [1.165, 1.54) is 6.20 Å². The van der Waals surface area contributed by atoms with Gasteiger partial charge in [0.25, 0.3) is 5.91 Å². The van der Waals surface area contributed by atoms with Crippen LogP contribution < -0.4 is 22.5 Å². The van der Waals surface area contributed by atoms with Crippen LogP contribution in [0, 0.1) is 6.92 Å². The summed E-state index contributed by atoms with van der Waals surface area (Å²) in [5.41, 5.74) is 6.76. The Hall–Kier alpha value is -2.19. The number of pyridine rings is 1. The molecule has 0 atom stereocenters. The minimum absolute atomic E-state index is 0.284. The minimum atomic E-state index is -0.457. The summed E-state index contributed by atoms with van der Waals surface area (Å²) in [6.07, 6.45) is 1.42. The fraction of sp³-hybridized carbons (Fsp3) is 0.300. The number of nitrogens with zero attached hydrogens (tertiary/aromatic N) is 3. The molecule has 8 nitrogen and oxygen atoms in total. The number of fused-ring (bicyclic) bond motifs is 1. The predicted molar refractivity (Wildman–Crippen MR) is 67.4 cm³/mol. The average Bonchev–Trinajstić information content (AvgIpc) is 2.73. The maximum atomic E-state index is 11.6. The Balaban J connectivity index is 2.79. The molecule has 1 amide bonds. The van der Waals surface area contributed by atoms with Crippen molar-refractivity contribution in [1.29, 1.82) is 0 Å². The lowest BCUT2D eigenvalue weighted by Gasteiger charge is -2.09. The van der Waals surface area contributed by atoms with Crippen LogP contribution in [0.3, 0.4) is 0 Å². The van der Waals surface area contributed by atoms with Crippen LogP contribution in [0.2, 0.25) is 0 Å². The number of hydrogen-bond donors (Lipinski definition) is 4. The van der Waals surface area contributed by atoms with Crippen LogP contribution in [0.1, 0.15) is 23.0 Å². The molecule has 2 heterocycles. The molecular formula is C10H15N7O. The highest BCUT2D eigenvalue weighted by Gasteiger charge is 2.18. The van der Waals surface area contributed by atoms with Crippen molar-refractivity contribution < 1.29 is 4.79 Å². The fourth-order valence-electron chi connectivity index (χ4n) is 1.94. The maximum Gasteiger partial charge on any atom is 0.268 e. The van der Waals surface area contributed by atoms with E-state index in [4.69, 9.17) is 11.7 Å². The number of anilines is 1. The SMILES string of the molecule is CCn1nc(C)c2c(NN)c(C(=O)NN)cnc21. The lowest BCUT2D eigenvalue weighted by molar-refractivity contribution is 0.0954. The number of nitrogen functional groups attached to an aromatic ring is 2. The van der Waals surface area contributed by atoms with Crippen LogP contribution in [0.5, 0.6) is 0 Å². The first-order valence-electron chi connectivity index (χ1n) is 5.47. The molecule has 0 fully saturated rings. The van der Waals surface area contributed by atoms with E-state index >= 15 is 0 Å². The third-order valence-corrected chi connectivity index (χ3v) is 2.76. The van der Waals surface area contributed by atoms with Gasteiger partial charge in [0, 0.05) is 12.7 Å². The molecule has 0 radical (unpaired) electrons. The van der Waals surface area contributed by atoms with Crippen molar-refractivity contribution in [2.75, 3.05) is 5.43 Å². The van der Waals surface area contributed by atoms with Gasteiger partial charge in [-0.25, -0.2) is 15.5 Å². The van der Waals surface area contributed by atoms with Crippen molar-refractivity contribution in [2.24, 2.45) is 11.7 Å². The zero-order valence-corrected chi connectivity index (χ0v) is 10.2. The highest BCUT2D eigenvalue weighted by atomic mass is 16.2. The van der Waals surface area contributed by atoms with Gasteiger partial charge in [-0.2, -0.15) is 5.10 Å². The summed E-state index contributed by atoms with van der Waals surface area (Å²) in [7, 11) is 0. The van der Waals surface area contributed by atoms with E-state index in [9.17, 15) is 4.79 Å². The first-order chi connectivity index (χ1) is 8.63. The summed E-state index contributed by atoms with van der Waals surface area (Å²) in [4.78, 5) is 15.9. The molecule has 2 rings (SSSR count). The Morgan fingerprint density at radius 1 is 1.50 bits per heavy atom. The zero-order chi connectivity index (χ0) is 13.3. The van der Waals surface area contributed by atoms with Crippen molar-refractivity contribution >= 4 is 22.6 Å². The first kappa shape index (κ1) is 12.3. The van der Waals surface area contributed by atoms with Crippen LogP contribution >= 0.6 is 0 Å². The van der Waals surface area contributed by atoms with Gasteiger partial charge in [-0.05, 0) is 13.8 Å². The number of hydrazine groups is 2. The lowest BCUT2D eigenvalue weighted by atomic mass is 10.1. The van der Waals surface area contributed by atoms with Gasteiger partial charge in [0.2, 0.25) is 0 Å². The monoisotopic (exact) mass is 249 g/mol. The summed E-state index contributed by atoms with van der Waals surface area (Å²) in [5, 5.41) is 5.06. The van der Waals surface area contributed by atoms with Crippen molar-refractivity contribution in [3.8, 4) is 0 Å². The van der Waals surface area contributed by atoms with Gasteiger partial charge in [0.15, 0.2) is 5.65 Å². The quantitative estimate of drug-likeness (QED) is 0.335. The Bertz CT molecular complexity index is 604. The molecule has 18 heavy (non-hydrogen) atoms. The normalized spacial score (nSPS) is 10.7. The lowest BCUT2D eigenvalue weighted by Crippen LogP contribution is -2.31. The topological polar surface area (TPSA) is 124 Å². The second kappa shape index (κ2) is 4.59. The largest absolute Gasteiger partial charge is 0.323 e. The van der Waals surface area contributed by atoms with Crippen LogP contribution in [0.25, 0.3) is 11.0 Å². The Kier molecular flexibility index (Phi) is 3.13. The minimum Gasteiger partial charge on any atom is -0.323 e. The average molecular weight is 249 g/mol. The van der Waals surface area contributed by atoms with E-state index in [2.05, 4.69) is 20.9 Å². The van der Waals surface area contributed by atoms with Gasteiger partial charge in [-0.15, -0.1) is 0 Å². The third kappa shape index (κ3) is 1.67. The molecule has 0 unspecified atom stereocenters. The van der Waals surface area contributed by atoms with E-state index in [0.717, 1.165) is 11.1 Å². The summed E-state index contributed by atoms with van der Waals surface area (Å²) in [5.74, 6) is 10.2. The number of hydrogen-bond acceptors (Lipinski definition) is 6. The number of nitrogens with one attached hydrogen (secondary N) is 2. The van der Waals surface area contributed by atoms with E-state index in [-0.39, 0.29) is 5.56 Å². The third-order valence-electron chi connectivity index (χ3n) is 2.76. The van der Waals surface area contributed by atoms with Crippen LogP contribution in [-0.2, 0) is 6.54 Å². The van der Waals surface area contributed by atoms with Crippen LogP contribution in [-0.4, -0.2) is 20.7 Å². The van der Waals surface area contributed by atoms with E-state index < -0.39 is 5.91 Å². The summed E-state index contributed by atoms with van der Waals surface area (Å²) in [6, 6.07) is 0. The van der Waals surface area contributed by atoms with Gasteiger partial charge in [0.1, 0.15) is 0 Å². The number of aryl methyl sites for hydroxylation is 2. The van der Waals surface area contributed by atoms with Gasteiger partial charge in [-0.3, -0.25) is 16.1 Å². The molecule has 0 bridgehead atoms. The molecule has 0 saturated heterocycles. The number of amides is 1. The van der Waals surface area contributed by atoms with Crippen molar-refractivity contribution in [1.82, 2.24) is 20.2 Å². The zero-order valence-electron chi connectivity index (χ0n) is 10.2. The van der Waals surface area contributed by atoms with Crippen LogP contribution in [0.4, 0.5) is 5.69 Å². The van der Waals surface area contributed by atoms with E-state index in [1.807, 2.05) is 13.8 Å². The van der Waals surface area contributed by atoms with E-state index in [0.29, 0.717) is 17.9 Å². The molecule has 2 aromatic heterocycles. The molecule has 0 aliphatic heterocycles. The van der Waals surface area contributed by atoms with Crippen molar-refractivity contribution in [3.05, 3.63) is 17.5 Å². The summed E-state index contributed by atoms with van der Waals surface area (Å²) in [6.45, 7) is 4.48. The predicted octanol–water partition coefficient (Wildman–Crippen LogP) is -0.351. The molecule has 96 valence electrons. The summed E-state index contributed by atoms with van der Waals surface area (Å²) < 4.78 is 1.75. The van der Waals surface area contributed by atoms with Gasteiger partial charge >= 0.3 is 0 Å². The molecular weight excluding hydrogens is 234 g/mol. The number of carbonyl (C=O) groups is 1. The molecule has 0 aliphatic carbocycles. The highest BCUT2D eigenvalue weighted by Crippen LogP contribution is 2.27. The van der Waals surface area contributed by atoms with E-state index in [1.54, 1.807) is 4.68 Å². The molecule has 8 heteroatoms. The molecule has 0 spiro atoms. The Morgan fingerprint density at radius 3 is 2.78 bits per heavy atom. The second-order valence-corrected chi connectivity index (χ2v) is 3.76. The Morgan fingerprint density at radius 2 is 2.22 bits per heavy atom. The van der Waals surface area contributed by atoms with Crippen molar-refractivity contribution in [2.45, 2.75) is 20.4 Å². The van der Waals surface area contributed by atoms with Gasteiger partial charge in [-0.1, -0.05) is 0 Å². The number of aromatic nitrogens is 3. The van der Waals surface area contributed by atoms with Gasteiger partial charge in [0.05, 0.1) is 22.3 Å². The fourth-order valence-corrected chi connectivity index (χ4v) is 1.94. The van der Waals surface area contributed by atoms with Gasteiger partial charge < -0.3 is 5.43 Å². The molecule has 0 aromatic carbocycles. The molecule has 0 saturated carbocycles. The maximum absolute atomic E-state index is 11.6. The van der Waals surface area contributed by atoms with Crippen LogP contribution in [0.15, 0.2) is 6.20 Å². The molecule has 6 N–H and O–H groups in total. The number of nitrogens with two attached hydrogens (primary N) is 2. The first-order valence-corrected chi connectivity index (χ1v) is 5.47. The smallest absolute Gasteiger partial charge is 0.268 e. The highest BCUT2D eigenvalue weighted by molar-refractivity contribution is 6.06.